The van der Waals surface area contributed by atoms with Gasteiger partial charge in [0.05, 0.1) is 16.8 Å². The lowest BCUT2D eigenvalue weighted by Crippen LogP contribution is -2.35. The van der Waals surface area contributed by atoms with Crippen LogP contribution in [0.1, 0.15) is 43.6 Å². The normalized spacial score (nSPS) is 12.6. The highest BCUT2D eigenvalue weighted by atomic mass is 16.6. The molecule has 1 aromatic heterocycles. The molecule has 0 aliphatic heterocycles. The predicted molar refractivity (Wildman–Crippen MR) is 110 cm³/mol. The van der Waals surface area contributed by atoms with Crippen molar-refractivity contribution in [2.45, 2.75) is 39.2 Å². The molecule has 1 heterocycles. The van der Waals surface area contributed by atoms with Crippen molar-refractivity contribution in [3.63, 3.8) is 0 Å². The van der Waals surface area contributed by atoms with Gasteiger partial charge < -0.3 is 15.0 Å². The van der Waals surface area contributed by atoms with Gasteiger partial charge in [0.2, 0.25) is 0 Å². The summed E-state index contributed by atoms with van der Waals surface area (Å²) in [5.41, 5.74) is 1.79. The SMILES string of the molecule is Cc1ccc2nc(C(CNC(=O)OC(C)(C)C)c3ccccc3)[nH]c(=O)c2c1. The van der Waals surface area contributed by atoms with Crippen LogP contribution in [0.4, 0.5) is 4.79 Å². The van der Waals surface area contributed by atoms with Crippen LogP contribution in [-0.4, -0.2) is 28.2 Å². The number of carbonyl (C=O) groups excluding carboxylic acids is 1. The fraction of sp³-hybridized carbons (Fsp3) is 0.318. The van der Waals surface area contributed by atoms with Gasteiger partial charge in [0.15, 0.2) is 0 Å². The highest BCUT2D eigenvalue weighted by Gasteiger charge is 2.21. The van der Waals surface area contributed by atoms with E-state index in [4.69, 9.17) is 4.74 Å². The maximum absolute atomic E-state index is 12.6. The molecule has 1 unspecified atom stereocenters. The number of ether oxygens (including phenoxy) is 1. The number of alkyl carbamates (subject to hydrolysis) is 1. The minimum atomic E-state index is -0.584. The number of hydrogen-bond acceptors (Lipinski definition) is 4. The highest BCUT2D eigenvalue weighted by Crippen LogP contribution is 2.22. The van der Waals surface area contributed by atoms with Gasteiger partial charge in [-0.1, -0.05) is 42.0 Å². The third-order valence-electron chi connectivity index (χ3n) is 4.26. The Morgan fingerprint density at radius 2 is 1.89 bits per heavy atom. The first-order chi connectivity index (χ1) is 13.2. The number of aromatic amines is 1. The summed E-state index contributed by atoms with van der Waals surface area (Å²) in [6.45, 7) is 7.62. The number of nitrogens with one attached hydrogen (secondary N) is 2. The molecule has 6 heteroatoms. The van der Waals surface area contributed by atoms with Crippen LogP contribution in [0.2, 0.25) is 0 Å². The summed E-state index contributed by atoms with van der Waals surface area (Å²) in [4.78, 5) is 32.3. The van der Waals surface area contributed by atoms with Gasteiger partial charge in [-0.15, -0.1) is 0 Å². The number of rotatable bonds is 4. The second kappa shape index (κ2) is 7.84. The second-order valence-corrected chi connectivity index (χ2v) is 7.82. The van der Waals surface area contributed by atoms with Crippen LogP contribution in [0, 0.1) is 6.92 Å². The van der Waals surface area contributed by atoms with Crippen molar-refractivity contribution in [2.75, 3.05) is 6.54 Å². The number of fused-ring (bicyclic) bond motifs is 1. The maximum atomic E-state index is 12.6. The molecule has 3 aromatic rings. The molecule has 28 heavy (non-hydrogen) atoms. The molecule has 2 aromatic carbocycles. The van der Waals surface area contributed by atoms with Gasteiger partial charge in [-0.25, -0.2) is 9.78 Å². The first-order valence-corrected chi connectivity index (χ1v) is 9.25. The Labute approximate surface area is 164 Å². The van der Waals surface area contributed by atoms with Crippen LogP contribution in [0.25, 0.3) is 10.9 Å². The quantitative estimate of drug-likeness (QED) is 0.720. The first kappa shape index (κ1) is 19.6. The fourth-order valence-electron chi connectivity index (χ4n) is 2.99. The first-order valence-electron chi connectivity index (χ1n) is 9.25. The molecule has 3 rings (SSSR count). The lowest BCUT2D eigenvalue weighted by molar-refractivity contribution is 0.0526. The molecule has 0 aliphatic carbocycles. The summed E-state index contributed by atoms with van der Waals surface area (Å²) in [6, 6.07) is 15.2. The predicted octanol–water partition coefficient (Wildman–Crippen LogP) is 3.89. The Morgan fingerprint density at radius 3 is 2.57 bits per heavy atom. The van der Waals surface area contributed by atoms with Crippen molar-refractivity contribution in [3.05, 3.63) is 75.8 Å². The molecular weight excluding hydrogens is 354 g/mol. The van der Waals surface area contributed by atoms with E-state index in [1.165, 1.54) is 0 Å². The van der Waals surface area contributed by atoms with Crippen LogP contribution < -0.4 is 10.9 Å². The number of amides is 1. The van der Waals surface area contributed by atoms with Crippen LogP contribution >= 0.6 is 0 Å². The molecule has 0 bridgehead atoms. The summed E-state index contributed by atoms with van der Waals surface area (Å²) < 4.78 is 5.32. The Morgan fingerprint density at radius 1 is 1.18 bits per heavy atom. The van der Waals surface area contributed by atoms with Gasteiger partial charge >= 0.3 is 6.09 Å². The molecule has 0 spiro atoms. The van der Waals surface area contributed by atoms with E-state index < -0.39 is 11.7 Å². The minimum Gasteiger partial charge on any atom is -0.444 e. The van der Waals surface area contributed by atoms with Gasteiger partial charge in [-0.05, 0) is 45.4 Å². The van der Waals surface area contributed by atoms with E-state index in [0.717, 1.165) is 11.1 Å². The molecule has 0 saturated carbocycles. The van der Waals surface area contributed by atoms with Gasteiger partial charge in [-0.2, -0.15) is 0 Å². The molecule has 2 N–H and O–H groups in total. The highest BCUT2D eigenvalue weighted by molar-refractivity contribution is 5.78. The summed E-state index contributed by atoms with van der Waals surface area (Å²) in [7, 11) is 0. The molecule has 6 nitrogen and oxygen atoms in total. The molecule has 0 radical (unpaired) electrons. The van der Waals surface area contributed by atoms with E-state index in [-0.39, 0.29) is 18.0 Å². The Balaban J connectivity index is 1.96. The number of nitrogens with zero attached hydrogens (tertiary/aromatic N) is 1. The summed E-state index contributed by atoms with van der Waals surface area (Å²) in [5, 5.41) is 3.34. The fourth-order valence-corrected chi connectivity index (χ4v) is 2.99. The third-order valence-corrected chi connectivity index (χ3v) is 4.26. The van der Waals surface area contributed by atoms with Crippen LogP contribution in [-0.2, 0) is 4.74 Å². The molecule has 0 fully saturated rings. The number of H-pyrrole nitrogens is 1. The van der Waals surface area contributed by atoms with E-state index in [1.54, 1.807) is 0 Å². The largest absolute Gasteiger partial charge is 0.444 e. The second-order valence-electron chi connectivity index (χ2n) is 7.82. The summed E-state index contributed by atoms with van der Waals surface area (Å²) >= 11 is 0. The number of benzene rings is 2. The van der Waals surface area contributed by atoms with Crippen LogP contribution in [0.3, 0.4) is 0 Å². The maximum Gasteiger partial charge on any atom is 0.407 e. The van der Waals surface area contributed by atoms with Crippen molar-refractivity contribution >= 4 is 17.0 Å². The standard InChI is InChI=1S/C22H25N3O3/c1-14-10-11-18-16(12-14)20(26)25-19(24-18)17(15-8-6-5-7-9-15)13-23-21(27)28-22(2,3)4/h5-12,17H,13H2,1-4H3,(H,23,27)(H,24,25,26). The van der Waals surface area contributed by atoms with Crippen LogP contribution in [0.5, 0.6) is 0 Å². The molecule has 0 aliphatic rings. The van der Waals surface area contributed by atoms with E-state index >= 15 is 0 Å². The Bertz CT molecular complexity index is 1040. The molecule has 0 saturated heterocycles. The number of aromatic nitrogens is 2. The smallest absolute Gasteiger partial charge is 0.407 e. The number of aryl methyl sites for hydroxylation is 1. The molecule has 1 atom stereocenters. The Hall–Kier alpha value is -3.15. The minimum absolute atomic E-state index is 0.193. The molecule has 1 amide bonds. The lowest BCUT2D eigenvalue weighted by Gasteiger charge is -2.22. The summed E-state index contributed by atoms with van der Waals surface area (Å²) in [6.07, 6.45) is -0.507. The van der Waals surface area contributed by atoms with Crippen LogP contribution in [0.15, 0.2) is 53.3 Å². The van der Waals surface area contributed by atoms with E-state index in [0.29, 0.717) is 16.7 Å². The van der Waals surface area contributed by atoms with Gasteiger partial charge in [0.1, 0.15) is 11.4 Å². The van der Waals surface area contributed by atoms with Crippen molar-refractivity contribution in [3.8, 4) is 0 Å². The van der Waals surface area contributed by atoms with Crippen molar-refractivity contribution in [1.29, 1.82) is 0 Å². The summed E-state index contributed by atoms with van der Waals surface area (Å²) in [5.74, 6) is 0.190. The van der Waals surface area contributed by atoms with Crippen molar-refractivity contribution in [2.24, 2.45) is 0 Å². The lowest BCUT2D eigenvalue weighted by atomic mass is 9.98. The van der Waals surface area contributed by atoms with E-state index in [2.05, 4.69) is 15.3 Å². The third kappa shape index (κ3) is 4.76. The van der Waals surface area contributed by atoms with Gasteiger partial charge in [0, 0.05) is 6.54 Å². The zero-order chi connectivity index (χ0) is 20.3. The number of carbonyl (C=O) groups is 1. The van der Waals surface area contributed by atoms with Crippen molar-refractivity contribution in [1.82, 2.24) is 15.3 Å². The van der Waals surface area contributed by atoms with E-state index in [1.807, 2.05) is 76.2 Å². The average Bonchev–Trinajstić information content (AvgIpc) is 2.62. The van der Waals surface area contributed by atoms with Gasteiger partial charge in [-0.3, -0.25) is 4.79 Å². The topological polar surface area (TPSA) is 84.1 Å². The Kier molecular flexibility index (Phi) is 5.49. The number of hydrogen-bond donors (Lipinski definition) is 2. The van der Waals surface area contributed by atoms with Gasteiger partial charge in [0.25, 0.3) is 5.56 Å². The zero-order valence-electron chi connectivity index (χ0n) is 16.6. The van der Waals surface area contributed by atoms with Crippen molar-refractivity contribution < 1.29 is 9.53 Å². The molecule has 146 valence electrons. The zero-order valence-corrected chi connectivity index (χ0v) is 16.6. The monoisotopic (exact) mass is 379 g/mol. The van der Waals surface area contributed by atoms with E-state index in [9.17, 15) is 9.59 Å². The molecular formula is C22H25N3O3. The average molecular weight is 379 g/mol.